The van der Waals surface area contributed by atoms with Crippen LogP contribution in [-0.4, -0.2) is 21.0 Å². The summed E-state index contributed by atoms with van der Waals surface area (Å²) in [4.78, 5) is 19.1. The van der Waals surface area contributed by atoms with E-state index in [1.165, 1.54) is 23.5 Å². The number of carbonyl (C=O) groups is 1. The number of hydrogen-bond acceptors (Lipinski definition) is 3. The maximum atomic E-state index is 10.8. The van der Waals surface area contributed by atoms with Gasteiger partial charge >= 0.3 is 5.97 Å². The summed E-state index contributed by atoms with van der Waals surface area (Å²) in [5, 5.41) is 8.82. The molecule has 0 amide bonds. The van der Waals surface area contributed by atoms with Gasteiger partial charge in [-0.25, -0.2) is 14.8 Å². The van der Waals surface area contributed by atoms with Crippen molar-refractivity contribution < 1.29 is 9.90 Å². The van der Waals surface area contributed by atoms with Crippen LogP contribution in [0.15, 0.2) is 36.7 Å². The number of aromatic nitrogens is 2. The third kappa shape index (κ3) is 1.76. The van der Waals surface area contributed by atoms with Gasteiger partial charge in [-0.15, -0.1) is 0 Å². The van der Waals surface area contributed by atoms with E-state index in [0.717, 1.165) is 12.8 Å². The minimum absolute atomic E-state index is 0.130. The molecule has 1 unspecified atom stereocenters. The minimum atomic E-state index is -0.992. The number of carboxylic acid groups (broad SMARTS) is 1. The highest BCUT2D eigenvalue weighted by Crippen LogP contribution is 2.35. The SMILES string of the molecule is O=C(O)c1cnc(C2CCc3ccccc32)nc1. The Hall–Kier alpha value is -2.23. The van der Waals surface area contributed by atoms with Crippen molar-refractivity contribution in [3.63, 3.8) is 0 Å². The van der Waals surface area contributed by atoms with Crippen molar-refractivity contribution in [2.45, 2.75) is 18.8 Å². The summed E-state index contributed by atoms with van der Waals surface area (Å²) in [7, 11) is 0. The molecule has 4 heteroatoms. The van der Waals surface area contributed by atoms with Gasteiger partial charge in [-0.3, -0.25) is 0 Å². The van der Waals surface area contributed by atoms with Crippen LogP contribution in [-0.2, 0) is 6.42 Å². The second-order valence-corrected chi connectivity index (χ2v) is 4.43. The molecule has 0 aliphatic heterocycles. The monoisotopic (exact) mass is 240 g/mol. The van der Waals surface area contributed by atoms with Gasteiger partial charge in [0.2, 0.25) is 0 Å². The van der Waals surface area contributed by atoms with Gasteiger partial charge in [0.1, 0.15) is 5.82 Å². The third-order valence-electron chi connectivity index (χ3n) is 3.36. The van der Waals surface area contributed by atoms with Crippen LogP contribution in [0, 0.1) is 0 Å². The van der Waals surface area contributed by atoms with Crippen LogP contribution >= 0.6 is 0 Å². The Morgan fingerprint density at radius 2 is 1.94 bits per heavy atom. The van der Waals surface area contributed by atoms with Gasteiger partial charge < -0.3 is 5.11 Å². The van der Waals surface area contributed by atoms with E-state index < -0.39 is 5.97 Å². The zero-order valence-electron chi connectivity index (χ0n) is 9.71. The Bertz CT molecular complexity index is 593. The molecule has 3 rings (SSSR count). The van der Waals surface area contributed by atoms with Gasteiger partial charge in [-0.2, -0.15) is 0 Å². The molecule has 90 valence electrons. The van der Waals surface area contributed by atoms with E-state index in [4.69, 9.17) is 5.11 Å². The first-order valence-electron chi connectivity index (χ1n) is 5.89. The predicted octanol–water partition coefficient (Wildman–Crippen LogP) is 2.25. The Morgan fingerprint density at radius 1 is 1.22 bits per heavy atom. The van der Waals surface area contributed by atoms with E-state index in [9.17, 15) is 4.79 Å². The standard InChI is InChI=1S/C14H12N2O2/c17-14(18)10-7-15-13(16-8-10)12-6-5-9-3-1-2-4-11(9)12/h1-4,7-8,12H,5-6H2,(H,17,18). The molecule has 0 spiro atoms. The molecule has 0 saturated carbocycles. The van der Waals surface area contributed by atoms with Gasteiger partial charge in [0, 0.05) is 18.3 Å². The van der Waals surface area contributed by atoms with Gasteiger partial charge in [0.25, 0.3) is 0 Å². The van der Waals surface area contributed by atoms with Gasteiger partial charge in [0.15, 0.2) is 0 Å². The number of hydrogen-bond donors (Lipinski definition) is 1. The summed E-state index contributed by atoms with van der Waals surface area (Å²) in [6.45, 7) is 0. The molecule has 0 fully saturated rings. The van der Waals surface area contributed by atoms with Gasteiger partial charge in [0.05, 0.1) is 5.56 Å². The predicted molar refractivity (Wildman–Crippen MR) is 65.6 cm³/mol. The quantitative estimate of drug-likeness (QED) is 0.874. The fourth-order valence-corrected chi connectivity index (χ4v) is 2.45. The molecule has 1 heterocycles. The molecule has 1 N–H and O–H groups in total. The van der Waals surface area contributed by atoms with E-state index in [-0.39, 0.29) is 11.5 Å². The first-order valence-corrected chi connectivity index (χ1v) is 5.89. The highest BCUT2D eigenvalue weighted by molar-refractivity contribution is 5.86. The lowest BCUT2D eigenvalue weighted by Crippen LogP contribution is -2.05. The van der Waals surface area contributed by atoms with E-state index >= 15 is 0 Å². The van der Waals surface area contributed by atoms with Gasteiger partial charge in [-0.05, 0) is 24.0 Å². The molecular formula is C14H12N2O2. The van der Waals surface area contributed by atoms with Crippen LogP contribution in [0.4, 0.5) is 0 Å². The normalized spacial score (nSPS) is 17.4. The molecule has 1 aliphatic carbocycles. The van der Waals surface area contributed by atoms with Crippen molar-refractivity contribution in [3.8, 4) is 0 Å². The van der Waals surface area contributed by atoms with Crippen molar-refractivity contribution >= 4 is 5.97 Å². The molecule has 1 aromatic carbocycles. The molecular weight excluding hydrogens is 228 g/mol. The average molecular weight is 240 g/mol. The average Bonchev–Trinajstić information content (AvgIpc) is 2.82. The van der Waals surface area contributed by atoms with Crippen molar-refractivity contribution in [2.75, 3.05) is 0 Å². The molecule has 1 aromatic heterocycles. The minimum Gasteiger partial charge on any atom is -0.478 e. The number of fused-ring (bicyclic) bond motifs is 1. The van der Waals surface area contributed by atoms with Crippen molar-refractivity contribution in [2.24, 2.45) is 0 Å². The Kier molecular flexibility index (Phi) is 2.55. The number of benzene rings is 1. The molecule has 0 bridgehead atoms. The lowest BCUT2D eigenvalue weighted by Gasteiger charge is -2.09. The molecule has 1 atom stereocenters. The number of carboxylic acids is 1. The maximum absolute atomic E-state index is 10.8. The van der Waals surface area contributed by atoms with Crippen LogP contribution in [0.5, 0.6) is 0 Å². The fourth-order valence-electron chi connectivity index (χ4n) is 2.45. The largest absolute Gasteiger partial charge is 0.478 e. The second kappa shape index (κ2) is 4.22. The number of nitrogens with zero attached hydrogens (tertiary/aromatic N) is 2. The number of aromatic carboxylic acids is 1. The van der Waals surface area contributed by atoms with Crippen molar-refractivity contribution in [1.82, 2.24) is 9.97 Å². The Labute approximate surface area is 104 Å². The van der Waals surface area contributed by atoms with Crippen LogP contribution in [0.2, 0.25) is 0 Å². The van der Waals surface area contributed by atoms with Crippen molar-refractivity contribution in [3.05, 3.63) is 59.2 Å². The summed E-state index contributed by atoms with van der Waals surface area (Å²) in [6.07, 6.45) is 4.79. The number of rotatable bonds is 2. The van der Waals surface area contributed by atoms with Crippen LogP contribution in [0.1, 0.15) is 39.6 Å². The summed E-state index contributed by atoms with van der Waals surface area (Å²) < 4.78 is 0. The molecule has 0 saturated heterocycles. The molecule has 4 nitrogen and oxygen atoms in total. The summed E-state index contributed by atoms with van der Waals surface area (Å²) >= 11 is 0. The third-order valence-corrected chi connectivity index (χ3v) is 3.36. The smallest absolute Gasteiger partial charge is 0.338 e. The van der Waals surface area contributed by atoms with E-state index in [2.05, 4.69) is 22.1 Å². The highest BCUT2D eigenvalue weighted by Gasteiger charge is 2.25. The van der Waals surface area contributed by atoms with Crippen LogP contribution in [0.25, 0.3) is 0 Å². The second-order valence-electron chi connectivity index (χ2n) is 4.43. The number of aryl methyl sites for hydroxylation is 1. The highest BCUT2D eigenvalue weighted by atomic mass is 16.4. The van der Waals surface area contributed by atoms with E-state index in [1.807, 2.05) is 12.1 Å². The van der Waals surface area contributed by atoms with Crippen molar-refractivity contribution in [1.29, 1.82) is 0 Å². The maximum Gasteiger partial charge on any atom is 0.338 e. The first kappa shape index (κ1) is 10.9. The van der Waals surface area contributed by atoms with Gasteiger partial charge in [-0.1, -0.05) is 24.3 Å². The Morgan fingerprint density at radius 3 is 2.67 bits per heavy atom. The Balaban J connectivity index is 1.95. The van der Waals surface area contributed by atoms with E-state index in [1.54, 1.807) is 0 Å². The summed E-state index contributed by atoms with van der Waals surface area (Å²) in [5.74, 6) is -0.0811. The molecule has 2 aromatic rings. The summed E-state index contributed by atoms with van der Waals surface area (Å²) in [6, 6.07) is 8.28. The van der Waals surface area contributed by atoms with Crippen LogP contribution in [0.3, 0.4) is 0 Å². The topological polar surface area (TPSA) is 63.1 Å². The lowest BCUT2D eigenvalue weighted by molar-refractivity contribution is 0.0696. The lowest BCUT2D eigenvalue weighted by atomic mass is 10.0. The molecule has 1 aliphatic rings. The summed E-state index contributed by atoms with van der Waals surface area (Å²) in [5.41, 5.74) is 2.74. The molecule has 18 heavy (non-hydrogen) atoms. The molecule has 0 radical (unpaired) electrons. The first-order chi connectivity index (χ1) is 8.75. The van der Waals surface area contributed by atoms with Crippen LogP contribution < -0.4 is 0 Å². The van der Waals surface area contributed by atoms with E-state index in [0.29, 0.717) is 5.82 Å². The fraction of sp³-hybridized carbons (Fsp3) is 0.214. The zero-order chi connectivity index (χ0) is 12.5. The zero-order valence-corrected chi connectivity index (χ0v) is 9.71.